The number of carbonyl (C=O) groups is 1. The monoisotopic (exact) mass is 249 g/mol. The van der Waals surface area contributed by atoms with Crippen LogP contribution in [-0.2, 0) is 0 Å². The maximum Gasteiger partial charge on any atom is 0.289 e. The van der Waals surface area contributed by atoms with Crippen molar-refractivity contribution >= 4 is 29.1 Å². The van der Waals surface area contributed by atoms with Crippen LogP contribution in [0.4, 0.5) is 0 Å². The minimum absolute atomic E-state index is 0.144. The predicted octanol–water partition coefficient (Wildman–Crippen LogP) is 3.02. The molecule has 84 valence electrons. The highest BCUT2D eigenvalue weighted by molar-refractivity contribution is 6.29. The summed E-state index contributed by atoms with van der Waals surface area (Å²) in [7, 11) is 0. The lowest BCUT2D eigenvalue weighted by Crippen LogP contribution is -2.31. The van der Waals surface area contributed by atoms with E-state index in [2.05, 4.69) is 0 Å². The van der Waals surface area contributed by atoms with Gasteiger partial charge in [-0.3, -0.25) is 4.79 Å². The first-order chi connectivity index (χ1) is 7.19. The van der Waals surface area contributed by atoms with E-state index in [1.165, 1.54) is 0 Å². The molecule has 5 heteroatoms. The van der Waals surface area contributed by atoms with Crippen molar-refractivity contribution < 1.29 is 9.21 Å². The molecule has 0 aliphatic rings. The van der Waals surface area contributed by atoms with Crippen molar-refractivity contribution in [3.63, 3.8) is 0 Å². The van der Waals surface area contributed by atoms with Gasteiger partial charge in [-0.2, -0.15) is 0 Å². The molecule has 0 aliphatic heterocycles. The number of furan rings is 1. The highest BCUT2D eigenvalue weighted by Gasteiger charge is 2.16. The standard InChI is InChI=1S/C10H13Cl2NO2/c1-2-13(7-3-6-11)10(14)8-4-5-9(12)15-8/h4-5H,2-3,6-7H2,1H3. The van der Waals surface area contributed by atoms with Crippen LogP contribution in [0.2, 0.25) is 5.22 Å². The van der Waals surface area contributed by atoms with Gasteiger partial charge in [-0.15, -0.1) is 11.6 Å². The molecule has 0 N–H and O–H groups in total. The third-order valence-corrected chi connectivity index (χ3v) is 2.48. The normalized spacial score (nSPS) is 10.3. The van der Waals surface area contributed by atoms with Crippen LogP contribution in [0.1, 0.15) is 23.9 Å². The fourth-order valence-electron chi connectivity index (χ4n) is 1.24. The molecule has 0 atom stereocenters. The third kappa shape index (κ3) is 3.43. The van der Waals surface area contributed by atoms with Gasteiger partial charge in [-0.25, -0.2) is 0 Å². The number of amides is 1. The van der Waals surface area contributed by atoms with Gasteiger partial charge in [0, 0.05) is 19.0 Å². The van der Waals surface area contributed by atoms with E-state index in [0.717, 1.165) is 6.42 Å². The highest BCUT2D eigenvalue weighted by Crippen LogP contribution is 2.15. The molecule has 3 nitrogen and oxygen atoms in total. The summed E-state index contributed by atoms with van der Waals surface area (Å²) in [5.41, 5.74) is 0. The Morgan fingerprint density at radius 1 is 1.53 bits per heavy atom. The molecule has 15 heavy (non-hydrogen) atoms. The van der Waals surface area contributed by atoms with Crippen molar-refractivity contribution in [2.24, 2.45) is 0 Å². The molecule has 0 fully saturated rings. The first-order valence-corrected chi connectivity index (χ1v) is 5.70. The molecule has 0 aromatic carbocycles. The molecular formula is C10H13Cl2NO2. The van der Waals surface area contributed by atoms with Crippen LogP contribution in [0.25, 0.3) is 0 Å². The summed E-state index contributed by atoms with van der Waals surface area (Å²) < 4.78 is 5.05. The Bertz CT molecular complexity index is 325. The molecule has 0 spiro atoms. The fourth-order valence-corrected chi connectivity index (χ4v) is 1.50. The lowest BCUT2D eigenvalue weighted by atomic mass is 10.3. The highest BCUT2D eigenvalue weighted by atomic mass is 35.5. The number of nitrogens with zero attached hydrogens (tertiary/aromatic N) is 1. The van der Waals surface area contributed by atoms with Gasteiger partial charge < -0.3 is 9.32 Å². The van der Waals surface area contributed by atoms with Crippen LogP contribution in [0.3, 0.4) is 0 Å². The summed E-state index contributed by atoms with van der Waals surface area (Å²) >= 11 is 11.2. The van der Waals surface area contributed by atoms with Crippen molar-refractivity contribution in [3.05, 3.63) is 23.1 Å². The largest absolute Gasteiger partial charge is 0.440 e. The SMILES string of the molecule is CCN(CCCCl)C(=O)c1ccc(Cl)o1. The van der Waals surface area contributed by atoms with Crippen molar-refractivity contribution in [2.45, 2.75) is 13.3 Å². The number of halogens is 2. The van der Waals surface area contributed by atoms with Gasteiger partial charge in [-0.05, 0) is 37.1 Å². The Kier molecular flexibility index (Phi) is 4.99. The first-order valence-electron chi connectivity index (χ1n) is 4.79. The zero-order chi connectivity index (χ0) is 11.3. The molecule has 1 heterocycles. The molecule has 0 unspecified atom stereocenters. The molecular weight excluding hydrogens is 237 g/mol. The number of carbonyl (C=O) groups excluding carboxylic acids is 1. The molecule has 0 saturated heterocycles. The van der Waals surface area contributed by atoms with E-state index in [4.69, 9.17) is 27.6 Å². The predicted molar refractivity (Wildman–Crippen MR) is 60.6 cm³/mol. The fraction of sp³-hybridized carbons (Fsp3) is 0.500. The minimum atomic E-state index is -0.144. The van der Waals surface area contributed by atoms with E-state index >= 15 is 0 Å². The lowest BCUT2D eigenvalue weighted by Gasteiger charge is -2.18. The van der Waals surface area contributed by atoms with Crippen LogP contribution in [0.15, 0.2) is 16.5 Å². The second-order valence-corrected chi connectivity index (χ2v) is 3.78. The van der Waals surface area contributed by atoms with Gasteiger partial charge in [0.1, 0.15) is 0 Å². The Hall–Kier alpha value is -0.670. The molecule has 0 radical (unpaired) electrons. The van der Waals surface area contributed by atoms with Gasteiger partial charge in [0.2, 0.25) is 0 Å². The zero-order valence-electron chi connectivity index (χ0n) is 8.50. The summed E-state index contributed by atoms with van der Waals surface area (Å²) in [5.74, 6) is 0.675. The Labute approximate surface area is 98.9 Å². The summed E-state index contributed by atoms with van der Waals surface area (Å²) in [6.07, 6.45) is 0.773. The van der Waals surface area contributed by atoms with E-state index in [1.807, 2.05) is 6.92 Å². The van der Waals surface area contributed by atoms with Gasteiger partial charge in [0.05, 0.1) is 0 Å². The third-order valence-electron chi connectivity index (χ3n) is 2.01. The molecule has 1 amide bonds. The topological polar surface area (TPSA) is 33.5 Å². The first kappa shape index (κ1) is 12.4. The van der Waals surface area contributed by atoms with E-state index < -0.39 is 0 Å². The van der Waals surface area contributed by atoms with Crippen LogP contribution < -0.4 is 0 Å². The summed E-state index contributed by atoms with van der Waals surface area (Å²) in [6.45, 7) is 3.18. The van der Waals surface area contributed by atoms with Gasteiger partial charge >= 0.3 is 0 Å². The number of rotatable bonds is 5. The van der Waals surface area contributed by atoms with Crippen LogP contribution >= 0.6 is 23.2 Å². The molecule has 1 aromatic heterocycles. The second kappa shape index (κ2) is 6.03. The quantitative estimate of drug-likeness (QED) is 0.752. The number of hydrogen-bond acceptors (Lipinski definition) is 2. The average Bonchev–Trinajstić information content (AvgIpc) is 2.65. The van der Waals surface area contributed by atoms with Crippen molar-refractivity contribution in [2.75, 3.05) is 19.0 Å². The Morgan fingerprint density at radius 3 is 2.73 bits per heavy atom. The van der Waals surface area contributed by atoms with E-state index in [-0.39, 0.29) is 16.9 Å². The summed E-state index contributed by atoms with van der Waals surface area (Å²) in [4.78, 5) is 13.5. The minimum Gasteiger partial charge on any atom is -0.440 e. The zero-order valence-corrected chi connectivity index (χ0v) is 10.0. The molecule has 1 rings (SSSR count). The maximum atomic E-state index is 11.8. The lowest BCUT2D eigenvalue weighted by molar-refractivity contribution is 0.0733. The van der Waals surface area contributed by atoms with Crippen molar-refractivity contribution in [3.8, 4) is 0 Å². The van der Waals surface area contributed by atoms with Crippen molar-refractivity contribution in [1.29, 1.82) is 0 Å². The molecule has 1 aromatic rings. The number of hydrogen-bond donors (Lipinski definition) is 0. The Balaban J connectivity index is 2.64. The second-order valence-electron chi connectivity index (χ2n) is 3.03. The van der Waals surface area contributed by atoms with E-state index in [1.54, 1.807) is 17.0 Å². The average molecular weight is 250 g/mol. The summed E-state index contributed by atoms with van der Waals surface area (Å²) in [5, 5.41) is 0.228. The van der Waals surface area contributed by atoms with E-state index in [0.29, 0.717) is 19.0 Å². The molecule has 0 bridgehead atoms. The van der Waals surface area contributed by atoms with Gasteiger partial charge in [0.15, 0.2) is 11.0 Å². The Morgan fingerprint density at radius 2 is 2.27 bits per heavy atom. The van der Waals surface area contributed by atoms with Crippen molar-refractivity contribution in [1.82, 2.24) is 4.90 Å². The molecule has 0 aliphatic carbocycles. The van der Waals surface area contributed by atoms with Gasteiger partial charge in [0.25, 0.3) is 5.91 Å². The van der Waals surface area contributed by atoms with Gasteiger partial charge in [-0.1, -0.05) is 0 Å². The van der Waals surface area contributed by atoms with Crippen LogP contribution in [0, 0.1) is 0 Å². The van der Waals surface area contributed by atoms with Crippen LogP contribution in [-0.4, -0.2) is 29.8 Å². The van der Waals surface area contributed by atoms with E-state index in [9.17, 15) is 4.79 Å². The molecule has 0 saturated carbocycles. The summed E-state index contributed by atoms with van der Waals surface area (Å²) in [6, 6.07) is 3.14. The number of alkyl halides is 1. The smallest absolute Gasteiger partial charge is 0.289 e. The maximum absolute atomic E-state index is 11.8. The van der Waals surface area contributed by atoms with Crippen LogP contribution in [0.5, 0.6) is 0 Å².